The van der Waals surface area contributed by atoms with Gasteiger partial charge in [0, 0.05) is 38.2 Å². The number of hydrogen-bond donors (Lipinski definition) is 2. The molecular weight excluding hydrogens is 624 g/mol. The first-order chi connectivity index (χ1) is 24.6. The highest BCUT2D eigenvalue weighted by Crippen LogP contribution is 2.38. The van der Waals surface area contributed by atoms with E-state index in [4.69, 9.17) is 9.47 Å². The Morgan fingerprint density at radius 3 is 1.96 bits per heavy atom. The zero-order valence-corrected chi connectivity index (χ0v) is 27.8. The SMILES string of the molecule is O=C(NCc1ccc([C@H]2O[C@@H](CN(Cc3ccccc3)Cc3ccccc3)C[C@@H](c3ccc(CO)cc3)O2)cc1)c1cnc2ccccc2n1. The normalized spacial score (nSPS) is 17.5. The predicted molar refractivity (Wildman–Crippen MR) is 193 cm³/mol. The third kappa shape index (κ3) is 8.48. The van der Waals surface area contributed by atoms with Crippen LogP contribution in [0.3, 0.4) is 0 Å². The largest absolute Gasteiger partial charge is 0.392 e. The lowest BCUT2D eigenvalue weighted by Gasteiger charge is -2.38. The van der Waals surface area contributed by atoms with Gasteiger partial charge in [0.05, 0.1) is 36.0 Å². The summed E-state index contributed by atoms with van der Waals surface area (Å²) in [6.07, 6.45) is 1.32. The van der Waals surface area contributed by atoms with E-state index in [0.717, 1.165) is 47.4 Å². The summed E-state index contributed by atoms with van der Waals surface area (Å²) < 4.78 is 13.3. The van der Waals surface area contributed by atoms with Gasteiger partial charge in [0.25, 0.3) is 5.91 Å². The Morgan fingerprint density at radius 1 is 0.700 bits per heavy atom. The molecule has 1 aliphatic heterocycles. The van der Waals surface area contributed by atoms with Gasteiger partial charge in [-0.25, -0.2) is 4.98 Å². The molecule has 8 nitrogen and oxygen atoms in total. The van der Waals surface area contributed by atoms with Crippen LogP contribution in [0.15, 0.2) is 140 Å². The van der Waals surface area contributed by atoms with E-state index in [-0.39, 0.29) is 30.4 Å². The van der Waals surface area contributed by atoms with Crippen molar-refractivity contribution in [2.45, 2.75) is 51.2 Å². The number of aliphatic hydroxyl groups excluding tert-OH is 1. The van der Waals surface area contributed by atoms with Gasteiger partial charge in [0.2, 0.25) is 0 Å². The van der Waals surface area contributed by atoms with Gasteiger partial charge >= 0.3 is 0 Å². The van der Waals surface area contributed by atoms with E-state index in [2.05, 4.69) is 68.7 Å². The average molecular weight is 665 g/mol. The number of rotatable bonds is 12. The molecule has 0 bridgehead atoms. The lowest BCUT2D eigenvalue weighted by molar-refractivity contribution is -0.253. The highest BCUT2D eigenvalue weighted by molar-refractivity contribution is 5.93. The fourth-order valence-electron chi connectivity index (χ4n) is 6.32. The Hall–Kier alpha value is -5.25. The summed E-state index contributed by atoms with van der Waals surface area (Å²) in [7, 11) is 0. The number of aromatic nitrogens is 2. The van der Waals surface area contributed by atoms with Gasteiger partial charge in [-0.15, -0.1) is 0 Å². The second kappa shape index (κ2) is 16.0. The number of nitrogens with zero attached hydrogens (tertiary/aromatic N) is 3. The lowest BCUT2D eigenvalue weighted by Crippen LogP contribution is -2.39. The number of nitrogens with one attached hydrogen (secondary N) is 1. The van der Waals surface area contributed by atoms with Crippen molar-refractivity contribution in [3.8, 4) is 0 Å². The van der Waals surface area contributed by atoms with Crippen LogP contribution in [0.5, 0.6) is 0 Å². The fourth-order valence-corrected chi connectivity index (χ4v) is 6.32. The Balaban J connectivity index is 1.07. The Kier molecular flexibility index (Phi) is 10.6. The zero-order chi connectivity index (χ0) is 34.1. The molecular formula is C42H40N4O4. The van der Waals surface area contributed by atoms with Crippen molar-refractivity contribution in [3.63, 3.8) is 0 Å². The molecule has 2 heterocycles. The molecule has 0 aliphatic carbocycles. The van der Waals surface area contributed by atoms with Crippen LogP contribution in [-0.4, -0.2) is 38.5 Å². The maximum absolute atomic E-state index is 12.9. The van der Waals surface area contributed by atoms with Crippen LogP contribution in [0.25, 0.3) is 11.0 Å². The Morgan fingerprint density at radius 2 is 1.30 bits per heavy atom. The average Bonchev–Trinajstić information content (AvgIpc) is 3.17. The monoisotopic (exact) mass is 664 g/mol. The number of para-hydroxylation sites is 2. The summed E-state index contributed by atoms with van der Waals surface area (Å²) in [6.45, 7) is 2.65. The highest BCUT2D eigenvalue weighted by atomic mass is 16.7. The number of fused-ring (bicyclic) bond motifs is 1. The van der Waals surface area contributed by atoms with E-state index in [1.807, 2.05) is 84.9 Å². The van der Waals surface area contributed by atoms with Crippen molar-refractivity contribution in [2.24, 2.45) is 0 Å². The molecule has 2 N–H and O–H groups in total. The molecule has 7 rings (SSSR count). The first kappa shape index (κ1) is 33.3. The van der Waals surface area contributed by atoms with Crippen molar-refractivity contribution >= 4 is 16.9 Å². The molecule has 1 saturated heterocycles. The van der Waals surface area contributed by atoms with E-state index in [9.17, 15) is 9.90 Å². The van der Waals surface area contributed by atoms with Crippen LogP contribution in [0.2, 0.25) is 0 Å². The molecule has 0 saturated carbocycles. The topological polar surface area (TPSA) is 96.8 Å². The molecule has 5 aromatic carbocycles. The molecule has 0 unspecified atom stereocenters. The first-order valence-electron chi connectivity index (χ1n) is 17.0. The first-order valence-corrected chi connectivity index (χ1v) is 17.0. The number of carbonyl (C=O) groups is 1. The summed E-state index contributed by atoms with van der Waals surface area (Å²) >= 11 is 0. The molecule has 8 heteroatoms. The van der Waals surface area contributed by atoms with Crippen LogP contribution >= 0.6 is 0 Å². The fraction of sp³-hybridized carbons (Fsp3) is 0.214. The molecule has 3 atom stereocenters. The minimum absolute atomic E-state index is 0.00341. The Labute approximate surface area is 292 Å². The van der Waals surface area contributed by atoms with Gasteiger partial charge in [-0.05, 0) is 39.9 Å². The van der Waals surface area contributed by atoms with Gasteiger partial charge in [0.15, 0.2) is 6.29 Å². The molecule has 1 fully saturated rings. The van der Waals surface area contributed by atoms with Crippen LogP contribution < -0.4 is 5.32 Å². The lowest BCUT2D eigenvalue weighted by atomic mass is 9.99. The van der Waals surface area contributed by atoms with E-state index in [1.54, 1.807) is 0 Å². The van der Waals surface area contributed by atoms with E-state index in [1.165, 1.54) is 17.3 Å². The van der Waals surface area contributed by atoms with E-state index < -0.39 is 6.29 Å². The summed E-state index contributed by atoms with van der Waals surface area (Å²) in [6, 6.07) is 44.5. The molecule has 50 heavy (non-hydrogen) atoms. The maximum atomic E-state index is 12.9. The predicted octanol–water partition coefficient (Wildman–Crippen LogP) is 7.30. The third-order valence-electron chi connectivity index (χ3n) is 8.96. The van der Waals surface area contributed by atoms with Crippen molar-refractivity contribution in [1.82, 2.24) is 20.2 Å². The minimum Gasteiger partial charge on any atom is -0.392 e. The smallest absolute Gasteiger partial charge is 0.271 e. The number of amides is 1. The molecule has 0 spiro atoms. The van der Waals surface area contributed by atoms with Gasteiger partial charge in [0.1, 0.15) is 5.69 Å². The van der Waals surface area contributed by atoms with Crippen molar-refractivity contribution in [3.05, 3.63) is 179 Å². The number of aliphatic hydroxyl groups is 1. The summed E-state index contributed by atoms with van der Waals surface area (Å²) in [5.74, 6) is -0.278. The van der Waals surface area contributed by atoms with Crippen molar-refractivity contribution in [1.29, 1.82) is 0 Å². The van der Waals surface area contributed by atoms with Crippen molar-refractivity contribution < 1.29 is 19.4 Å². The minimum atomic E-state index is -0.580. The van der Waals surface area contributed by atoms with Crippen molar-refractivity contribution in [2.75, 3.05) is 6.54 Å². The summed E-state index contributed by atoms with van der Waals surface area (Å²) in [4.78, 5) is 24.1. The number of ether oxygens (including phenoxy) is 2. The molecule has 6 aromatic rings. The van der Waals surface area contributed by atoms with E-state index >= 15 is 0 Å². The molecule has 0 radical (unpaired) electrons. The quantitative estimate of drug-likeness (QED) is 0.142. The summed E-state index contributed by atoms with van der Waals surface area (Å²) in [5, 5.41) is 12.6. The van der Waals surface area contributed by atoms with Gasteiger partial charge in [-0.2, -0.15) is 0 Å². The standard InChI is InChI=1S/C42H40N4O4/c47-29-33-17-19-34(20-18-33)40-23-36(28-46(26-31-9-3-1-4-10-31)27-32-11-5-2-6-12-32)49-42(50-40)35-21-15-30(16-22-35)24-44-41(48)39-25-43-37-13-7-8-14-38(37)45-39/h1-22,25,36,40,42,47H,23-24,26-29H2,(H,44,48)/t36-,40+,42+/m1/s1. The number of carbonyl (C=O) groups excluding carboxylic acids is 1. The Bertz CT molecular complexity index is 1950. The zero-order valence-electron chi connectivity index (χ0n) is 27.8. The van der Waals surface area contributed by atoms with Crippen LogP contribution in [0.1, 0.15) is 62.7 Å². The third-order valence-corrected chi connectivity index (χ3v) is 8.96. The molecule has 1 aromatic heterocycles. The second-order valence-corrected chi connectivity index (χ2v) is 12.7. The van der Waals surface area contributed by atoms with Gasteiger partial charge in [-0.1, -0.05) is 121 Å². The highest BCUT2D eigenvalue weighted by Gasteiger charge is 2.33. The van der Waals surface area contributed by atoms with Gasteiger partial charge < -0.3 is 19.9 Å². The van der Waals surface area contributed by atoms with Crippen LogP contribution in [0, 0.1) is 0 Å². The molecule has 1 amide bonds. The number of benzene rings is 5. The number of hydrogen-bond acceptors (Lipinski definition) is 7. The molecule has 252 valence electrons. The molecule has 1 aliphatic rings. The van der Waals surface area contributed by atoms with Gasteiger partial charge in [-0.3, -0.25) is 14.7 Å². The van der Waals surface area contributed by atoms with Crippen LogP contribution in [-0.2, 0) is 35.7 Å². The maximum Gasteiger partial charge on any atom is 0.271 e. The summed E-state index contributed by atoms with van der Waals surface area (Å²) in [5.41, 5.74) is 7.96. The van der Waals surface area contributed by atoms with Crippen LogP contribution in [0.4, 0.5) is 0 Å². The second-order valence-electron chi connectivity index (χ2n) is 12.7. The van der Waals surface area contributed by atoms with E-state index in [0.29, 0.717) is 18.5 Å².